The summed E-state index contributed by atoms with van der Waals surface area (Å²) in [6.45, 7) is 4.25. The van der Waals surface area contributed by atoms with Crippen molar-refractivity contribution in [3.05, 3.63) is 61.2 Å². The van der Waals surface area contributed by atoms with Crippen LogP contribution in [0.15, 0.2) is 66.3 Å². The zero-order valence-electron chi connectivity index (χ0n) is 15.0. The highest BCUT2D eigenvalue weighted by molar-refractivity contribution is 7.99. The number of carbonyl (C=O) groups excluding carboxylic acids is 1. The standard InChI is InChI=1S/C20H18N4O3S/c1-2-10-21-18(25)12-28-20-23-22-19(24(20)15-6-4-3-5-7-15)14-8-9-16-17(11-14)27-13-26-16/h2-9,11H,1,10,12-13H2,(H,21,25). The lowest BCUT2D eigenvalue weighted by atomic mass is 10.2. The van der Waals surface area contributed by atoms with E-state index in [1.165, 1.54) is 11.8 Å². The van der Waals surface area contributed by atoms with Crippen LogP contribution >= 0.6 is 11.8 Å². The number of thioether (sulfide) groups is 1. The monoisotopic (exact) mass is 394 g/mol. The van der Waals surface area contributed by atoms with Crippen molar-refractivity contribution in [2.45, 2.75) is 5.16 Å². The summed E-state index contributed by atoms with van der Waals surface area (Å²) >= 11 is 1.33. The Morgan fingerprint density at radius 2 is 2.00 bits per heavy atom. The van der Waals surface area contributed by atoms with E-state index in [2.05, 4.69) is 22.1 Å². The number of benzene rings is 2. The van der Waals surface area contributed by atoms with Crippen LogP contribution in [0.2, 0.25) is 0 Å². The van der Waals surface area contributed by atoms with Gasteiger partial charge in [0, 0.05) is 17.8 Å². The van der Waals surface area contributed by atoms with E-state index in [0.717, 1.165) is 11.3 Å². The van der Waals surface area contributed by atoms with Crippen molar-refractivity contribution in [3.8, 4) is 28.6 Å². The van der Waals surface area contributed by atoms with Gasteiger partial charge in [0.05, 0.1) is 5.75 Å². The topological polar surface area (TPSA) is 78.3 Å². The Hall–Kier alpha value is -3.26. The third kappa shape index (κ3) is 3.72. The second kappa shape index (κ2) is 8.18. The zero-order valence-corrected chi connectivity index (χ0v) is 15.8. The summed E-state index contributed by atoms with van der Waals surface area (Å²) in [4.78, 5) is 12.0. The summed E-state index contributed by atoms with van der Waals surface area (Å²) in [5, 5.41) is 12.1. The molecule has 142 valence electrons. The van der Waals surface area contributed by atoms with E-state index in [1.54, 1.807) is 6.08 Å². The van der Waals surface area contributed by atoms with Gasteiger partial charge >= 0.3 is 0 Å². The smallest absolute Gasteiger partial charge is 0.231 e. The molecule has 28 heavy (non-hydrogen) atoms. The molecule has 4 rings (SSSR count). The predicted octanol–water partition coefficient (Wildman–Crippen LogP) is 3.06. The first kappa shape index (κ1) is 18.1. The lowest BCUT2D eigenvalue weighted by Gasteiger charge is -2.10. The molecule has 1 aromatic heterocycles. The molecular weight excluding hydrogens is 376 g/mol. The molecule has 3 aromatic rings. The van der Waals surface area contributed by atoms with E-state index < -0.39 is 0 Å². The molecule has 2 heterocycles. The normalized spacial score (nSPS) is 12.0. The maximum Gasteiger partial charge on any atom is 0.231 e. The van der Waals surface area contributed by atoms with Crippen molar-refractivity contribution >= 4 is 17.7 Å². The molecule has 0 atom stereocenters. The zero-order chi connectivity index (χ0) is 19.3. The van der Waals surface area contributed by atoms with Crippen LogP contribution in [0.1, 0.15) is 0 Å². The first-order chi connectivity index (χ1) is 13.8. The highest BCUT2D eigenvalue weighted by atomic mass is 32.2. The number of nitrogens with one attached hydrogen (secondary N) is 1. The number of hydrogen-bond acceptors (Lipinski definition) is 6. The van der Waals surface area contributed by atoms with Gasteiger partial charge in [0.25, 0.3) is 0 Å². The average molecular weight is 394 g/mol. The largest absolute Gasteiger partial charge is 0.454 e. The summed E-state index contributed by atoms with van der Waals surface area (Å²) in [7, 11) is 0. The van der Waals surface area contributed by atoms with Gasteiger partial charge < -0.3 is 14.8 Å². The van der Waals surface area contributed by atoms with E-state index in [9.17, 15) is 4.79 Å². The molecule has 7 nitrogen and oxygen atoms in total. The molecule has 1 amide bonds. The number of para-hydroxylation sites is 1. The van der Waals surface area contributed by atoms with Crippen molar-refractivity contribution in [3.63, 3.8) is 0 Å². The van der Waals surface area contributed by atoms with E-state index in [4.69, 9.17) is 9.47 Å². The van der Waals surface area contributed by atoms with Crippen LogP contribution in [-0.2, 0) is 4.79 Å². The van der Waals surface area contributed by atoms with Gasteiger partial charge in [-0.05, 0) is 30.3 Å². The maximum atomic E-state index is 12.0. The molecule has 0 saturated carbocycles. The minimum absolute atomic E-state index is 0.0860. The van der Waals surface area contributed by atoms with Gasteiger partial charge in [-0.15, -0.1) is 16.8 Å². The first-order valence-corrected chi connectivity index (χ1v) is 9.66. The highest BCUT2D eigenvalue weighted by Gasteiger charge is 2.20. The summed E-state index contributed by atoms with van der Waals surface area (Å²) in [6, 6.07) is 15.5. The van der Waals surface area contributed by atoms with Crippen LogP contribution in [0.25, 0.3) is 17.1 Å². The Labute approximate surface area is 166 Å². The summed E-state index contributed by atoms with van der Waals surface area (Å²) in [5.41, 5.74) is 1.76. The fourth-order valence-electron chi connectivity index (χ4n) is 2.76. The quantitative estimate of drug-likeness (QED) is 0.490. The number of amides is 1. The molecule has 0 unspecified atom stereocenters. The second-order valence-electron chi connectivity index (χ2n) is 5.93. The molecule has 0 radical (unpaired) electrons. The minimum Gasteiger partial charge on any atom is -0.454 e. The van der Waals surface area contributed by atoms with Crippen LogP contribution in [0, 0.1) is 0 Å². The van der Waals surface area contributed by atoms with Crippen LogP contribution in [0.3, 0.4) is 0 Å². The molecule has 0 fully saturated rings. The van der Waals surface area contributed by atoms with Crippen molar-refractivity contribution in [1.29, 1.82) is 0 Å². The summed E-state index contributed by atoms with van der Waals surface area (Å²) in [5.74, 6) is 2.21. The molecule has 8 heteroatoms. The fraction of sp³-hybridized carbons (Fsp3) is 0.150. The lowest BCUT2D eigenvalue weighted by Crippen LogP contribution is -2.25. The molecular formula is C20H18N4O3S. The lowest BCUT2D eigenvalue weighted by molar-refractivity contribution is -0.118. The molecule has 0 aliphatic carbocycles. The van der Waals surface area contributed by atoms with Gasteiger partial charge in [0.2, 0.25) is 12.7 Å². The van der Waals surface area contributed by atoms with Crippen LogP contribution in [0.5, 0.6) is 11.5 Å². The summed E-state index contributed by atoms with van der Waals surface area (Å²) < 4.78 is 12.8. The van der Waals surface area contributed by atoms with E-state index >= 15 is 0 Å². The Kier molecular flexibility index (Phi) is 5.29. The van der Waals surface area contributed by atoms with Crippen molar-refractivity contribution in [1.82, 2.24) is 20.1 Å². The van der Waals surface area contributed by atoms with Gasteiger partial charge in [-0.3, -0.25) is 9.36 Å². The number of nitrogens with zero attached hydrogens (tertiary/aromatic N) is 3. The Balaban J connectivity index is 1.68. The van der Waals surface area contributed by atoms with Crippen LogP contribution in [-0.4, -0.2) is 39.8 Å². The molecule has 2 aromatic carbocycles. The molecule has 0 saturated heterocycles. The number of rotatable bonds is 7. The van der Waals surface area contributed by atoms with Gasteiger partial charge in [0.15, 0.2) is 22.5 Å². The molecule has 0 spiro atoms. The van der Waals surface area contributed by atoms with E-state index in [-0.39, 0.29) is 18.5 Å². The first-order valence-electron chi connectivity index (χ1n) is 8.67. The number of carbonyl (C=O) groups is 1. The maximum absolute atomic E-state index is 12.0. The minimum atomic E-state index is -0.0860. The van der Waals surface area contributed by atoms with Gasteiger partial charge in [-0.2, -0.15) is 0 Å². The summed E-state index contributed by atoms with van der Waals surface area (Å²) in [6.07, 6.45) is 1.65. The third-order valence-corrected chi connectivity index (χ3v) is 4.98. The van der Waals surface area contributed by atoms with Gasteiger partial charge in [0.1, 0.15) is 0 Å². The van der Waals surface area contributed by atoms with Crippen molar-refractivity contribution in [2.24, 2.45) is 0 Å². The van der Waals surface area contributed by atoms with Crippen molar-refractivity contribution in [2.75, 3.05) is 19.1 Å². The Bertz CT molecular complexity index is 1000. The molecule has 0 bridgehead atoms. The molecule has 1 aliphatic rings. The highest BCUT2D eigenvalue weighted by Crippen LogP contribution is 2.36. The number of hydrogen-bond donors (Lipinski definition) is 1. The second-order valence-corrected chi connectivity index (χ2v) is 6.87. The van der Waals surface area contributed by atoms with Crippen molar-refractivity contribution < 1.29 is 14.3 Å². The van der Waals surface area contributed by atoms with Gasteiger partial charge in [-0.1, -0.05) is 36.0 Å². The third-order valence-electron chi connectivity index (χ3n) is 4.05. The van der Waals surface area contributed by atoms with E-state index in [1.807, 2.05) is 53.1 Å². The predicted molar refractivity (Wildman–Crippen MR) is 107 cm³/mol. The van der Waals surface area contributed by atoms with Crippen LogP contribution < -0.4 is 14.8 Å². The van der Waals surface area contributed by atoms with Gasteiger partial charge in [-0.25, -0.2) is 0 Å². The average Bonchev–Trinajstić information content (AvgIpc) is 3.37. The molecule has 1 N–H and O–H groups in total. The number of fused-ring (bicyclic) bond motifs is 1. The van der Waals surface area contributed by atoms with E-state index in [0.29, 0.717) is 29.0 Å². The number of aromatic nitrogens is 3. The SMILES string of the molecule is C=CCNC(=O)CSc1nnc(-c2ccc3c(c2)OCO3)n1-c1ccccc1. The molecule has 1 aliphatic heterocycles. The van der Waals surface area contributed by atoms with Crippen LogP contribution in [0.4, 0.5) is 0 Å². The Morgan fingerprint density at radius 1 is 1.18 bits per heavy atom. The fourth-order valence-corrected chi connectivity index (χ4v) is 3.54. The number of ether oxygens (including phenoxy) is 2. The Morgan fingerprint density at radius 3 is 2.82 bits per heavy atom.